The fraction of sp³-hybridized carbons (Fsp3) is 0.308. The van der Waals surface area contributed by atoms with E-state index in [2.05, 4.69) is 9.59 Å². The summed E-state index contributed by atoms with van der Waals surface area (Å²) in [7, 11) is 0. The van der Waals surface area contributed by atoms with Crippen molar-refractivity contribution < 1.29 is 9.18 Å². The Bertz CT molecular complexity index is 566. The highest BCUT2D eigenvalue weighted by atomic mass is 32.1. The number of carbonyl (C=O) groups excluding carboxylic acids is 1. The van der Waals surface area contributed by atoms with Gasteiger partial charge in [0.1, 0.15) is 10.7 Å². The molecule has 2 rings (SSSR count). The van der Waals surface area contributed by atoms with E-state index in [1.165, 1.54) is 6.07 Å². The Kier molecular flexibility index (Phi) is 3.81. The monoisotopic (exact) mass is 264 g/mol. The number of aromatic nitrogens is 2. The number of hydrogen-bond acceptors (Lipinski definition) is 4. The Morgan fingerprint density at radius 3 is 2.78 bits per heavy atom. The molecule has 0 unspecified atom stereocenters. The molecule has 1 aromatic carbocycles. The van der Waals surface area contributed by atoms with Crippen molar-refractivity contribution in [3.05, 3.63) is 46.2 Å². The van der Waals surface area contributed by atoms with Gasteiger partial charge in [-0.15, -0.1) is 5.10 Å². The molecule has 2 aromatic rings. The van der Waals surface area contributed by atoms with Crippen molar-refractivity contribution in [2.45, 2.75) is 26.2 Å². The summed E-state index contributed by atoms with van der Waals surface area (Å²) in [5.74, 6) is -0.337. The number of nitrogens with zero attached hydrogens (tertiary/aromatic N) is 2. The van der Waals surface area contributed by atoms with Gasteiger partial charge in [-0.05, 0) is 29.1 Å². The number of rotatable bonds is 4. The number of halogens is 1. The first-order valence-corrected chi connectivity index (χ1v) is 6.45. The highest BCUT2D eigenvalue weighted by Gasteiger charge is 2.19. The molecule has 0 aliphatic rings. The zero-order valence-corrected chi connectivity index (χ0v) is 11.0. The molecule has 0 saturated heterocycles. The van der Waals surface area contributed by atoms with E-state index in [9.17, 15) is 9.18 Å². The minimum Gasteiger partial charge on any atom is -0.293 e. The fourth-order valence-electron chi connectivity index (χ4n) is 1.66. The van der Waals surface area contributed by atoms with Gasteiger partial charge in [0.05, 0.1) is 5.69 Å². The van der Waals surface area contributed by atoms with Crippen LogP contribution in [0.15, 0.2) is 24.3 Å². The second-order valence-corrected chi connectivity index (χ2v) is 5.09. The third-order valence-corrected chi connectivity index (χ3v) is 3.40. The molecule has 0 fully saturated rings. The molecule has 3 nitrogen and oxygen atoms in total. The van der Waals surface area contributed by atoms with Crippen molar-refractivity contribution in [3.63, 3.8) is 0 Å². The van der Waals surface area contributed by atoms with Crippen molar-refractivity contribution in [2.24, 2.45) is 0 Å². The second-order valence-electron chi connectivity index (χ2n) is 4.33. The summed E-state index contributed by atoms with van der Waals surface area (Å²) in [5.41, 5.74) is 1.10. The van der Waals surface area contributed by atoms with E-state index < -0.39 is 0 Å². The zero-order valence-electron chi connectivity index (χ0n) is 10.2. The van der Waals surface area contributed by atoms with E-state index in [4.69, 9.17) is 0 Å². The van der Waals surface area contributed by atoms with E-state index in [0.29, 0.717) is 16.1 Å². The van der Waals surface area contributed by atoms with Crippen LogP contribution >= 0.6 is 11.5 Å². The third kappa shape index (κ3) is 2.61. The SMILES string of the molecule is CC(C)c1nnsc1C(=O)Cc1ccccc1F. The zero-order chi connectivity index (χ0) is 13.1. The molecule has 18 heavy (non-hydrogen) atoms. The quantitative estimate of drug-likeness (QED) is 0.796. The number of Topliss-reactive ketones (excluding diaryl/α,β-unsaturated/α-hetero) is 1. The molecule has 0 saturated carbocycles. The minimum atomic E-state index is -0.352. The summed E-state index contributed by atoms with van der Waals surface area (Å²) in [5, 5.41) is 3.95. The summed E-state index contributed by atoms with van der Waals surface area (Å²) in [6, 6.07) is 6.31. The van der Waals surface area contributed by atoms with Gasteiger partial charge in [0.15, 0.2) is 5.78 Å². The molecule has 0 radical (unpaired) electrons. The maximum Gasteiger partial charge on any atom is 0.180 e. The predicted molar refractivity (Wildman–Crippen MR) is 68.4 cm³/mol. The van der Waals surface area contributed by atoms with Crippen molar-refractivity contribution in [3.8, 4) is 0 Å². The van der Waals surface area contributed by atoms with Crippen LogP contribution in [0.5, 0.6) is 0 Å². The molecular weight excluding hydrogens is 251 g/mol. The molecule has 1 heterocycles. The second kappa shape index (κ2) is 5.35. The van der Waals surface area contributed by atoms with Crippen molar-refractivity contribution >= 4 is 17.3 Å². The van der Waals surface area contributed by atoms with Gasteiger partial charge >= 0.3 is 0 Å². The van der Waals surface area contributed by atoms with Crippen molar-refractivity contribution in [1.29, 1.82) is 0 Å². The molecular formula is C13H13FN2OS. The lowest BCUT2D eigenvalue weighted by Crippen LogP contribution is -2.07. The fourth-order valence-corrected chi connectivity index (χ4v) is 2.42. The number of benzene rings is 1. The van der Waals surface area contributed by atoms with E-state index in [1.807, 2.05) is 13.8 Å². The molecule has 0 bridgehead atoms. The van der Waals surface area contributed by atoms with Gasteiger partial charge in [0, 0.05) is 6.42 Å². The molecule has 0 amide bonds. The Hall–Kier alpha value is -1.62. The highest BCUT2D eigenvalue weighted by molar-refractivity contribution is 7.08. The molecule has 1 aromatic heterocycles. The molecule has 5 heteroatoms. The molecule has 0 aliphatic heterocycles. The van der Waals surface area contributed by atoms with Crippen LogP contribution in [0.25, 0.3) is 0 Å². The summed E-state index contributed by atoms with van der Waals surface area (Å²) in [6.07, 6.45) is 0.0519. The lowest BCUT2D eigenvalue weighted by Gasteiger charge is -2.04. The number of ketones is 1. The largest absolute Gasteiger partial charge is 0.293 e. The molecule has 0 spiro atoms. The lowest BCUT2D eigenvalue weighted by atomic mass is 10.0. The van der Waals surface area contributed by atoms with E-state index >= 15 is 0 Å². The maximum absolute atomic E-state index is 13.5. The molecule has 0 aliphatic carbocycles. The van der Waals surface area contributed by atoms with Gasteiger partial charge in [0.25, 0.3) is 0 Å². The summed E-state index contributed by atoms with van der Waals surface area (Å²) in [6.45, 7) is 3.91. The first kappa shape index (κ1) is 12.8. The minimum absolute atomic E-state index is 0.0519. The Labute approximate surface area is 109 Å². The normalized spacial score (nSPS) is 10.9. The number of carbonyl (C=O) groups is 1. The first-order valence-electron chi connectivity index (χ1n) is 5.68. The van der Waals surface area contributed by atoms with Gasteiger partial charge in [-0.3, -0.25) is 4.79 Å². The Morgan fingerprint density at radius 1 is 1.39 bits per heavy atom. The van der Waals surface area contributed by atoms with Crippen LogP contribution in [0.4, 0.5) is 4.39 Å². The smallest absolute Gasteiger partial charge is 0.180 e. The predicted octanol–water partition coefficient (Wildman–Crippen LogP) is 3.23. The van der Waals surface area contributed by atoms with Gasteiger partial charge in [-0.2, -0.15) is 0 Å². The van der Waals surface area contributed by atoms with Crippen molar-refractivity contribution in [2.75, 3.05) is 0 Å². The molecule has 0 N–H and O–H groups in total. The van der Waals surface area contributed by atoms with E-state index in [0.717, 1.165) is 11.5 Å². The van der Waals surface area contributed by atoms with Gasteiger partial charge in [-0.25, -0.2) is 4.39 Å². The van der Waals surface area contributed by atoms with Crippen LogP contribution < -0.4 is 0 Å². The summed E-state index contributed by atoms with van der Waals surface area (Å²) < 4.78 is 17.3. The number of hydrogen-bond donors (Lipinski definition) is 0. The first-order chi connectivity index (χ1) is 8.59. The van der Waals surface area contributed by atoms with Crippen LogP contribution in [-0.2, 0) is 6.42 Å². The van der Waals surface area contributed by atoms with E-state index in [1.54, 1.807) is 18.2 Å². The molecule has 0 atom stereocenters. The van der Waals surface area contributed by atoms with Gasteiger partial charge in [-0.1, -0.05) is 36.5 Å². The topological polar surface area (TPSA) is 42.9 Å². The average Bonchev–Trinajstić information content (AvgIpc) is 2.81. The van der Waals surface area contributed by atoms with Crippen LogP contribution in [0, 0.1) is 5.82 Å². The highest BCUT2D eigenvalue weighted by Crippen LogP contribution is 2.22. The summed E-state index contributed by atoms with van der Waals surface area (Å²) in [4.78, 5) is 12.7. The van der Waals surface area contributed by atoms with Crippen LogP contribution in [0.3, 0.4) is 0 Å². The van der Waals surface area contributed by atoms with Gasteiger partial charge < -0.3 is 0 Å². The van der Waals surface area contributed by atoms with Crippen LogP contribution in [-0.4, -0.2) is 15.4 Å². The third-order valence-electron chi connectivity index (χ3n) is 2.62. The van der Waals surface area contributed by atoms with Crippen LogP contribution in [0.1, 0.15) is 40.7 Å². The molecule has 94 valence electrons. The lowest BCUT2D eigenvalue weighted by molar-refractivity contribution is 0.0994. The summed E-state index contributed by atoms with van der Waals surface area (Å²) >= 11 is 1.08. The standard InChI is InChI=1S/C13H13FN2OS/c1-8(2)12-13(18-16-15-12)11(17)7-9-5-3-4-6-10(9)14/h3-6,8H,7H2,1-2H3. The van der Waals surface area contributed by atoms with Crippen LogP contribution in [0.2, 0.25) is 0 Å². The van der Waals surface area contributed by atoms with Crippen molar-refractivity contribution in [1.82, 2.24) is 9.59 Å². The Balaban J connectivity index is 2.23. The van der Waals surface area contributed by atoms with Gasteiger partial charge in [0.2, 0.25) is 0 Å². The maximum atomic E-state index is 13.5. The van der Waals surface area contributed by atoms with E-state index in [-0.39, 0.29) is 23.9 Å². The average molecular weight is 264 g/mol. The Morgan fingerprint density at radius 2 is 2.11 bits per heavy atom.